The first-order valence-electron chi connectivity index (χ1n) is 11.1. The molecule has 0 aromatic heterocycles. The number of nitrogens with zero attached hydrogens (tertiary/aromatic N) is 1. The molecule has 1 aliphatic heterocycles. The van der Waals surface area contributed by atoms with Crippen LogP contribution in [-0.4, -0.2) is 40.7 Å². The fourth-order valence-corrected chi connectivity index (χ4v) is 5.78. The van der Waals surface area contributed by atoms with Crippen molar-refractivity contribution in [1.82, 2.24) is 4.90 Å². The van der Waals surface area contributed by atoms with Crippen LogP contribution in [0.5, 0.6) is 5.75 Å². The summed E-state index contributed by atoms with van der Waals surface area (Å²) in [6, 6.07) is 6.56. The zero-order chi connectivity index (χ0) is 19.5. The number of hydrogen-bond donors (Lipinski definition) is 1. The third-order valence-corrected chi connectivity index (χ3v) is 7.72. The van der Waals surface area contributed by atoms with E-state index in [1.165, 1.54) is 49.7 Å². The van der Waals surface area contributed by atoms with E-state index in [1.807, 2.05) is 6.92 Å². The molecular weight excluding hydrogens is 350 g/mol. The molecule has 28 heavy (non-hydrogen) atoms. The fraction of sp³-hybridized carbons (Fsp3) is 0.708. The molecule has 1 spiro atoms. The number of aliphatic hydroxyl groups is 1. The molecule has 3 aliphatic carbocycles. The van der Waals surface area contributed by atoms with Gasteiger partial charge in [-0.3, -0.25) is 4.79 Å². The average Bonchev–Trinajstić information content (AvgIpc) is 3.43. The third kappa shape index (κ3) is 3.34. The van der Waals surface area contributed by atoms with Crippen molar-refractivity contribution in [3.05, 3.63) is 29.3 Å². The zero-order valence-corrected chi connectivity index (χ0v) is 17.2. The van der Waals surface area contributed by atoms with Gasteiger partial charge in [-0.2, -0.15) is 0 Å². The van der Waals surface area contributed by atoms with Crippen LogP contribution in [0.25, 0.3) is 0 Å². The van der Waals surface area contributed by atoms with Gasteiger partial charge in [0.1, 0.15) is 5.75 Å². The molecule has 1 heterocycles. The van der Waals surface area contributed by atoms with Crippen molar-refractivity contribution in [2.45, 2.75) is 82.8 Å². The molecule has 4 fully saturated rings. The molecule has 4 nitrogen and oxygen atoms in total. The van der Waals surface area contributed by atoms with Gasteiger partial charge in [0, 0.05) is 24.4 Å². The molecule has 0 atom stereocenters. The topological polar surface area (TPSA) is 49.8 Å². The fourth-order valence-electron chi connectivity index (χ4n) is 5.78. The second-order valence-corrected chi connectivity index (χ2v) is 10.4. The van der Waals surface area contributed by atoms with E-state index < -0.39 is 5.60 Å². The number of hydrogen-bond acceptors (Lipinski definition) is 3. The van der Waals surface area contributed by atoms with Gasteiger partial charge in [-0.25, -0.2) is 0 Å². The second kappa shape index (κ2) is 6.48. The first-order valence-corrected chi connectivity index (χ1v) is 11.1. The van der Waals surface area contributed by atoms with E-state index in [9.17, 15) is 9.90 Å². The molecule has 5 rings (SSSR count). The van der Waals surface area contributed by atoms with Gasteiger partial charge in [-0.1, -0.05) is 12.1 Å². The van der Waals surface area contributed by atoms with Crippen LogP contribution in [0.2, 0.25) is 0 Å². The molecule has 0 unspecified atom stereocenters. The van der Waals surface area contributed by atoms with Crippen molar-refractivity contribution >= 4 is 5.91 Å². The van der Waals surface area contributed by atoms with Crippen LogP contribution in [0.4, 0.5) is 0 Å². The van der Waals surface area contributed by atoms with E-state index in [-0.39, 0.29) is 11.8 Å². The van der Waals surface area contributed by atoms with Crippen LogP contribution in [-0.2, 0) is 4.79 Å². The predicted molar refractivity (Wildman–Crippen MR) is 108 cm³/mol. The molecule has 1 aromatic rings. The predicted octanol–water partition coefficient (Wildman–Crippen LogP) is 4.18. The van der Waals surface area contributed by atoms with E-state index in [2.05, 4.69) is 30.0 Å². The van der Waals surface area contributed by atoms with E-state index in [0.29, 0.717) is 30.3 Å². The quantitative estimate of drug-likeness (QED) is 0.848. The monoisotopic (exact) mass is 383 g/mol. The van der Waals surface area contributed by atoms with Gasteiger partial charge in [0.25, 0.3) is 0 Å². The lowest BCUT2D eigenvalue weighted by Crippen LogP contribution is -2.62. The number of likely N-dealkylation sites (tertiary alicyclic amines) is 1. The van der Waals surface area contributed by atoms with Gasteiger partial charge >= 0.3 is 0 Å². The van der Waals surface area contributed by atoms with Gasteiger partial charge in [0.2, 0.25) is 5.91 Å². The van der Waals surface area contributed by atoms with Crippen LogP contribution in [0.1, 0.15) is 75.3 Å². The zero-order valence-electron chi connectivity index (χ0n) is 17.2. The molecule has 0 radical (unpaired) electrons. The Balaban J connectivity index is 1.16. The minimum atomic E-state index is -0.615. The molecule has 4 heteroatoms. The first kappa shape index (κ1) is 18.5. The van der Waals surface area contributed by atoms with Crippen LogP contribution in [0, 0.1) is 18.3 Å². The number of ether oxygens (including phenoxy) is 1. The SMILES string of the molecule is Cc1c(OC2CC2)cccc1C1CCC2(CC1)CN(C(=O)C1CC(C)(O)C1)C2. The molecule has 1 saturated heterocycles. The van der Waals surface area contributed by atoms with Crippen LogP contribution >= 0.6 is 0 Å². The highest BCUT2D eigenvalue weighted by Gasteiger charge is 2.51. The highest BCUT2D eigenvalue weighted by molar-refractivity contribution is 5.81. The van der Waals surface area contributed by atoms with Crippen LogP contribution < -0.4 is 4.74 Å². The maximum Gasteiger partial charge on any atom is 0.225 e. The summed E-state index contributed by atoms with van der Waals surface area (Å²) in [5.41, 5.74) is 2.54. The Morgan fingerprint density at radius 2 is 1.82 bits per heavy atom. The van der Waals surface area contributed by atoms with Crippen molar-refractivity contribution in [2.75, 3.05) is 13.1 Å². The van der Waals surface area contributed by atoms with Gasteiger partial charge in [-0.15, -0.1) is 0 Å². The van der Waals surface area contributed by atoms with Crippen molar-refractivity contribution in [3.8, 4) is 5.75 Å². The maximum atomic E-state index is 12.6. The largest absolute Gasteiger partial charge is 0.490 e. The highest BCUT2D eigenvalue weighted by atomic mass is 16.5. The number of amides is 1. The van der Waals surface area contributed by atoms with Gasteiger partial charge < -0.3 is 14.7 Å². The van der Waals surface area contributed by atoms with Gasteiger partial charge in [0.05, 0.1) is 11.7 Å². The van der Waals surface area contributed by atoms with E-state index in [0.717, 1.165) is 18.8 Å². The van der Waals surface area contributed by atoms with Crippen molar-refractivity contribution in [1.29, 1.82) is 0 Å². The smallest absolute Gasteiger partial charge is 0.225 e. The molecule has 1 amide bonds. The normalized spacial score (nSPS) is 32.0. The van der Waals surface area contributed by atoms with Crippen molar-refractivity contribution < 1.29 is 14.6 Å². The summed E-state index contributed by atoms with van der Waals surface area (Å²) < 4.78 is 6.09. The minimum absolute atomic E-state index is 0.0561. The Morgan fingerprint density at radius 1 is 1.14 bits per heavy atom. The van der Waals surface area contributed by atoms with E-state index >= 15 is 0 Å². The summed E-state index contributed by atoms with van der Waals surface area (Å²) in [6.07, 6.45) is 8.98. The molecular formula is C24H33NO3. The van der Waals surface area contributed by atoms with Gasteiger partial charge in [-0.05, 0) is 88.3 Å². The summed E-state index contributed by atoms with van der Waals surface area (Å²) >= 11 is 0. The molecule has 4 aliphatic rings. The molecule has 1 aromatic carbocycles. The average molecular weight is 384 g/mol. The minimum Gasteiger partial charge on any atom is -0.490 e. The maximum absolute atomic E-state index is 12.6. The summed E-state index contributed by atoms with van der Waals surface area (Å²) in [6.45, 7) is 5.92. The lowest BCUT2D eigenvalue weighted by molar-refractivity contribution is -0.163. The summed E-state index contributed by atoms with van der Waals surface area (Å²) in [5.74, 6) is 2.04. The summed E-state index contributed by atoms with van der Waals surface area (Å²) in [7, 11) is 0. The molecule has 1 N–H and O–H groups in total. The summed E-state index contributed by atoms with van der Waals surface area (Å²) in [5, 5.41) is 9.90. The number of rotatable bonds is 4. The molecule has 0 bridgehead atoms. The third-order valence-electron chi connectivity index (χ3n) is 7.72. The second-order valence-electron chi connectivity index (χ2n) is 10.4. The van der Waals surface area contributed by atoms with E-state index in [4.69, 9.17) is 4.74 Å². The molecule has 3 saturated carbocycles. The Bertz CT molecular complexity index is 758. The van der Waals surface area contributed by atoms with Crippen molar-refractivity contribution in [2.24, 2.45) is 11.3 Å². The standard InChI is InChI=1S/C24H33NO3/c1-16-20(4-3-5-21(16)28-19-6-7-19)17-8-10-24(11-9-17)14-25(15-24)22(26)18-12-23(2,27)13-18/h3-5,17-19,27H,6-15H2,1-2H3. The molecule has 152 valence electrons. The van der Waals surface area contributed by atoms with Gasteiger partial charge in [0.15, 0.2) is 0 Å². The van der Waals surface area contributed by atoms with Crippen molar-refractivity contribution in [3.63, 3.8) is 0 Å². The Kier molecular flexibility index (Phi) is 4.28. The van der Waals surface area contributed by atoms with Crippen LogP contribution in [0.3, 0.4) is 0 Å². The van der Waals surface area contributed by atoms with E-state index in [1.54, 1.807) is 0 Å². The lowest BCUT2D eigenvalue weighted by Gasteiger charge is -2.55. The Morgan fingerprint density at radius 3 is 2.43 bits per heavy atom. The first-order chi connectivity index (χ1) is 13.3. The van der Waals surface area contributed by atoms with Crippen LogP contribution in [0.15, 0.2) is 18.2 Å². The number of carbonyl (C=O) groups is 1. The number of carbonyl (C=O) groups excluding carboxylic acids is 1. The highest BCUT2D eigenvalue weighted by Crippen LogP contribution is 2.50. The Hall–Kier alpha value is -1.55. The lowest BCUT2D eigenvalue weighted by atomic mass is 9.63. The summed E-state index contributed by atoms with van der Waals surface area (Å²) in [4.78, 5) is 14.6. The number of benzene rings is 1. The Labute approximate surface area is 168 Å².